The van der Waals surface area contributed by atoms with Gasteiger partial charge < -0.3 is 20.9 Å². The van der Waals surface area contributed by atoms with E-state index in [9.17, 15) is 14.9 Å². The first-order valence-electron chi connectivity index (χ1n) is 6.68. The maximum atomic E-state index is 10.9. The van der Waals surface area contributed by atoms with Crippen molar-refractivity contribution in [2.24, 2.45) is 0 Å². The van der Waals surface area contributed by atoms with E-state index in [0.717, 1.165) is 5.56 Å². The number of nitrogen functional groups attached to an aromatic ring is 1. The molecule has 0 spiro atoms. The molecule has 4 N–H and O–H groups in total. The van der Waals surface area contributed by atoms with Gasteiger partial charge in [-0.05, 0) is 11.6 Å². The minimum atomic E-state index is -1.18. The maximum absolute atomic E-state index is 10.9. The van der Waals surface area contributed by atoms with Crippen LogP contribution in [-0.2, 0) is 0 Å². The standard InChI is InChI=1S/C15H15N3O5/c16-12-8-11(6-7-14(12)18(21)22)23-9-13(17-15(19)20)10-4-2-1-3-5-10/h1-8,13,17H,9,16H2,(H,19,20)/t13-/m0/s1. The van der Waals surface area contributed by atoms with Crippen molar-refractivity contribution in [1.82, 2.24) is 5.32 Å². The van der Waals surface area contributed by atoms with E-state index in [0.29, 0.717) is 5.75 Å². The third-order valence-corrected chi connectivity index (χ3v) is 3.11. The summed E-state index contributed by atoms with van der Waals surface area (Å²) in [4.78, 5) is 21.0. The SMILES string of the molecule is Nc1cc(OC[C@H](NC(=O)O)c2ccccc2)ccc1[N+](=O)[O-]. The van der Waals surface area contributed by atoms with Gasteiger partial charge in [0.1, 0.15) is 18.0 Å². The first-order valence-corrected chi connectivity index (χ1v) is 6.68. The van der Waals surface area contributed by atoms with Crippen molar-refractivity contribution in [3.63, 3.8) is 0 Å². The van der Waals surface area contributed by atoms with E-state index in [-0.39, 0.29) is 18.0 Å². The Bertz CT molecular complexity index is 706. The molecule has 23 heavy (non-hydrogen) atoms. The van der Waals surface area contributed by atoms with Crippen LogP contribution in [0, 0.1) is 10.1 Å². The van der Waals surface area contributed by atoms with Crippen LogP contribution in [0.25, 0.3) is 0 Å². The average Bonchev–Trinajstić information content (AvgIpc) is 2.51. The van der Waals surface area contributed by atoms with Crippen LogP contribution in [-0.4, -0.2) is 22.7 Å². The van der Waals surface area contributed by atoms with Gasteiger partial charge >= 0.3 is 6.09 Å². The molecule has 120 valence electrons. The molecule has 0 aliphatic heterocycles. The number of nitro groups is 1. The number of carboxylic acid groups (broad SMARTS) is 1. The summed E-state index contributed by atoms with van der Waals surface area (Å²) in [6.07, 6.45) is -1.18. The summed E-state index contributed by atoms with van der Waals surface area (Å²) < 4.78 is 5.51. The summed E-state index contributed by atoms with van der Waals surface area (Å²) in [7, 11) is 0. The van der Waals surface area contributed by atoms with Gasteiger partial charge in [-0.15, -0.1) is 0 Å². The zero-order valence-corrected chi connectivity index (χ0v) is 12.0. The second-order valence-corrected chi connectivity index (χ2v) is 4.70. The Morgan fingerprint density at radius 1 is 1.30 bits per heavy atom. The lowest BCUT2D eigenvalue weighted by atomic mass is 10.1. The van der Waals surface area contributed by atoms with Crippen molar-refractivity contribution in [1.29, 1.82) is 0 Å². The summed E-state index contributed by atoms with van der Waals surface area (Å²) in [6, 6.07) is 12.4. The number of benzene rings is 2. The van der Waals surface area contributed by atoms with E-state index >= 15 is 0 Å². The highest BCUT2D eigenvalue weighted by atomic mass is 16.6. The zero-order valence-electron chi connectivity index (χ0n) is 12.0. The lowest BCUT2D eigenvalue weighted by molar-refractivity contribution is -0.383. The Hall–Kier alpha value is -3.29. The third kappa shape index (κ3) is 4.34. The highest BCUT2D eigenvalue weighted by Crippen LogP contribution is 2.26. The van der Waals surface area contributed by atoms with Crippen molar-refractivity contribution < 1.29 is 19.6 Å². The van der Waals surface area contributed by atoms with Crippen LogP contribution in [0.4, 0.5) is 16.2 Å². The molecular weight excluding hydrogens is 302 g/mol. The number of ether oxygens (including phenoxy) is 1. The predicted molar refractivity (Wildman–Crippen MR) is 83.3 cm³/mol. The quantitative estimate of drug-likeness (QED) is 0.427. The Balaban J connectivity index is 2.11. The third-order valence-electron chi connectivity index (χ3n) is 3.11. The molecule has 0 aliphatic carbocycles. The fourth-order valence-corrected chi connectivity index (χ4v) is 2.02. The predicted octanol–water partition coefficient (Wildman–Crippen LogP) is 2.56. The fraction of sp³-hybridized carbons (Fsp3) is 0.133. The Morgan fingerprint density at radius 2 is 2.00 bits per heavy atom. The monoisotopic (exact) mass is 317 g/mol. The Morgan fingerprint density at radius 3 is 2.57 bits per heavy atom. The summed E-state index contributed by atoms with van der Waals surface area (Å²) in [5.74, 6) is 0.321. The van der Waals surface area contributed by atoms with E-state index in [1.54, 1.807) is 24.3 Å². The normalized spacial score (nSPS) is 11.5. The minimum absolute atomic E-state index is 0.0186. The Labute approximate surface area is 131 Å². The molecule has 8 heteroatoms. The second-order valence-electron chi connectivity index (χ2n) is 4.70. The van der Waals surface area contributed by atoms with Gasteiger partial charge in [0.05, 0.1) is 11.0 Å². The molecular formula is C15H15N3O5. The lowest BCUT2D eigenvalue weighted by Crippen LogP contribution is -2.31. The summed E-state index contributed by atoms with van der Waals surface area (Å²) in [6.45, 7) is 0.0214. The van der Waals surface area contributed by atoms with E-state index in [2.05, 4.69) is 5.32 Å². The smallest absolute Gasteiger partial charge is 0.405 e. The largest absolute Gasteiger partial charge is 0.491 e. The van der Waals surface area contributed by atoms with E-state index in [1.165, 1.54) is 18.2 Å². The summed E-state index contributed by atoms with van der Waals surface area (Å²) >= 11 is 0. The molecule has 1 atom stereocenters. The number of amides is 1. The number of hydrogen-bond acceptors (Lipinski definition) is 5. The van der Waals surface area contributed by atoms with Crippen molar-refractivity contribution in [3.05, 3.63) is 64.2 Å². The molecule has 0 bridgehead atoms. The molecule has 0 heterocycles. The van der Waals surface area contributed by atoms with Crippen molar-refractivity contribution in [2.75, 3.05) is 12.3 Å². The molecule has 8 nitrogen and oxygen atoms in total. The van der Waals surface area contributed by atoms with Crippen LogP contribution in [0.15, 0.2) is 48.5 Å². The van der Waals surface area contributed by atoms with Gasteiger partial charge in [-0.25, -0.2) is 4.79 Å². The lowest BCUT2D eigenvalue weighted by Gasteiger charge is -2.18. The van der Waals surface area contributed by atoms with Crippen molar-refractivity contribution >= 4 is 17.5 Å². The van der Waals surface area contributed by atoms with Crippen LogP contribution >= 0.6 is 0 Å². The topological polar surface area (TPSA) is 128 Å². The van der Waals surface area contributed by atoms with Gasteiger partial charge in [0.15, 0.2) is 0 Å². The van der Waals surface area contributed by atoms with E-state index in [1.807, 2.05) is 6.07 Å². The van der Waals surface area contributed by atoms with Crippen molar-refractivity contribution in [2.45, 2.75) is 6.04 Å². The number of nitrogens with zero attached hydrogens (tertiary/aromatic N) is 1. The molecule has 0 saturated carbocycles. The molecule has 0 aliphatic rings. The molecule has 2 aromatic rings. The van der Waals surface area contributed by atoms with E-state index < -0.39 is 17.1 Å². The van der Waals surface area contributed by atoms with Crippen molar-refractivity contribution in [3.8, 4) is 5.75 Å². The first-order chi connectivity index (χ1) is 11.0. The minimum Gasteiger partial charge on any atom is -0.491 e. The first kappa shape index (κ1) is 16.1. The molecule has 0 saturated heterocycles. The highest BCUT2D eigenvalue weighted by molar-refractivity contribution is 5.65. The molecule has 0 fully saturated rings. The van der Waals surface area contributed by atoms with Crippen LogP contribution in [0.1, 0.15) is 11.6 Å². The van der Waals surface area contributed by atoms with Gasteiger partial charge in [0.25, 0.3) is 5.69 Å². The summed E-state index contributed by atoms with van der Waals surface area (Å²) in [5, 5.41) is 22.0. The van der Waals surface area contributed by atoms with Gasteiger partial charge in [-0.2, -0.15) is 0 Å². The second kappa shape index (κ2) is 7.12. The number of carbonyl (C=O) groups is 1. The average molecular weight is 317 g/mol. The van der Waals surface area contributed by atoms with Gasteiger partial charge in [0.2, 0.25) is 0 Å². The number of anilines is 1. The van der Waals surface area contributed by atoms with Crippen LogP contribution in [0.2, 0.25) is 0 Å². The fourth-order valence-electron chi connectivity index (χ4n) is 2.02. The molecule has 0 radical (unpaired) electrons. The van der Waals surface area contributed by atoms with Gasteiger partial charge in [-0.1, -0.05) is 30.3 Å². The van der Waals surface area contributed by atoms with Crippen LogP contribution < -0.4 is 15.8 Å². The highest BCUT2D eigenvalue weighted by Gasteiger charge is 2.16. The van der Waals surface area contributed by atoms with E-state index in [4.69, 9.17) is 15.6 Å². The summed E-state index contributed by atoms with van der Waals surface area (Å²) in [5.41, 5.74) is 6.10. The molecule has 0 unspecified atom stereocenters. The maximum Gasteiger partial charge on any atom is 0.405 e. The Kier molecular flexibility index (Phi) is 4.98. The number of hydrogen-bond donors (Lipinski definition) is 3. The number of nitrogens with two attached hydrogens (primary N) is 1. The number of nitrogens with one attached hydrogen (secondary N) is 1. The molecule has 0 aromatic heterocycles. The van der Waals surface area contributed by atoms with Gasteiger partial charge in [0, 0.05) is 12.1 Å². The molecule has 2 rings (SSSR count). The van der Waals surface area contributed by atoms with Crippen LogP contribution in [0.3, 0.4) is 0 Å². The molecule has 1 amide bonds. The number of nitro benzene ring substituents is 1. The number of rotatable bonds is 6. The molecule has 2 aromatic carbocycles. The van der Waals surface area contributed by atoms with Crippen LogP contribution in [0.5, 0.6) is 5.75 Å². The zero-order chi connectivity index (χ0) is 16.8. The van der Waals surface area contributed by atoms with Gasteiger partial charge in [-0.3, -0.25) is 10.1 Å².